The molecule has 0 fully saturated rings. The lowest BCUT2D eigenvalue weighted by Crippen LogP contribution is -1.93. The topological polar surface area (TPSA) is 61.0 Å². The Kier molecular flexibility index (Phi) is 3.69. The molecule has 5 nitrogen and oxygen atoms in total. The first-order valence-electron chi connectivity index (χ1n) is 8.01. The number of fused-ring (bicyclic) bond motifs is 1. The Morgan fingerprint density at radius 2 is 1.64 bits per heavy atom. The number of ether oxygens (including phenoxy) is 1. The lowest BCUT2D eigenvalue weighted by atomic mass is 10.1. The quantitative estimate of drug-likeness (QED) is 0.550. The molecule has 0 aliphatic heterocycles. The standard InChI is InChI=1S/C20H17N3O2/c1-12-7-4-5-9-15(12)19-22-23-20(25-19)16-11-14-8-6-10-17(24-3)18(14)21-13(16)2/h4-11H,1-3H3. The Morgan fingerprint density at radius 3 is 2.40 bits per heavy atom. The monoisotopic (exact) mass is 331 g/mol. The van der Waals surface area contributed by atoms with E-state index in [0.717, 1.165) is 39.0 Å². The molecule has 0 saturated heterocycles. The SMILES string of the molecule is COc1cccc2cc(-c3nnc(-c4ccccc4C)o3)c(C)nc12. The van der Waals surface area contributed by atoms with Gasteiger partial charge in [-0.3, -0.25) is 0 Å². The molecule has 0 atom stereocenters. The zero-order valence-corrected chi connectivity index (χ0v) is 14.3. The molecule has 0 N–H and O–H groups in total. The summed E-state index contributed by atoms with van der Waals surface area (Å²) in [4.78, 5) is 4.67. The zero-order chi connectivity index (χ0) is 17.4. The third-order valence-corrected chi connectivity index (χ3v) is 4.25. The normalized spacial score (nSPS) is 11.0. The molecule has 25 heavy (non-hydrogen) atoms. The van der Waals surface area contributed by atoms with Crippen LogP contribution in [0.15, 0.2) is 52.9 Å². The Bertz CT molecular complexity index is 1070. The molecule has 2 aromatic heterocycles. The first kappa shape index (κ1) is 15.3. The molecule has 0 aliphatic rings. The molecule has 0 aliphatic carbocycles. The molecule has 2 heterocycles. The van der Waals surface area contributed by atoms with Gasteiger partial charge in [0, 0.05) is 10.9 Å². The number of methoxy groups -OCH3 is 1. The lowest BCUT2D eigenvalue weighted by molar-refractivity contribution is 0.419. The maximum absolute atomic E-state index is 5.93. The number of hydrogen-bond donors (Lipinski definition) is 0. The van der Waals surface area contributed by atoms with Gasteiger partial charge in [-0.2, -0.15) is 0 Å². The van der Waals surface area contributed by atoms with Crippen LogP contribution in [-0.4, -0.2) is 22.3 Å². The van der Waals surface area contributed by atoms with E-state index in [1.54, 1.807) is 7.11 Å². The van der Waals surface area contributed by atoms with Crippen molar-refractivity contribution in [2.75, 3.05) is 7.11 Å². The van der Waals surface area contributed by atoms with Gasteiger partial charge in [-0.15, -0.1) is 10.2 Å². The predicted octanol–water partition coefficient (Wildman–Crippen LogP) is 4.58. The molecular weight excluding hydrogens is 314 g/mol. The second-order valence-corrected chi connectivity index (χ2v) is 5.88. The number of nitrogens with zero attached hydrogens (tertiary/aromatic N) is 3. The minimum absolute atomic E-state index is 0.466. The van der Waals surface area contributed by atoms with Crippen LogP contribution in [0.1, 0.15) is 11.3 Å². The van der Waals surface area contributed by atoms with Gasteiger partial charge in [0.25, 0.3) is 0 Å². The second kappa shape index (κ2) is 6.02. The maximum Gasteiger partial charge on any atom is 0.250 e. The Morgan fingerprint density at radius 1 is 0.880 bits per heavy atom. The van der Waals surface area contributed by atoms with Crippen molar-refractivity contribution < 1.29 is 9.15 Å². The number of pyridine rings is 1. The fraction of sp³-hybridized carbons (Fsp3) is 0.150. The van der Waals surface area contributed by atoms with E-state index in [2.05, 4.69) is 15.2 Å². The highest BCUT2D eigenvalue weighted by atomic mass is 16.5. The van der Waals surface area contributed by atoms with Gasteiger partial charge < -0.3 is 9.15 Å². The molecule has 0 radical (unpaired) electrons. The Labute approximate surface area is 145 Å². The van der Waals surface area contributed by atoms with Crippen molar-refractivity contribution in [1.82, 2.24) is 15.2 Å². The van der Waals surface area contributed by atoms with Crippen molar-refractivity contribution in [2.24, 2.45) is 0 Å². The summed E-state index contributed by atoms with van der Waals surface area (Å²) in [5.74, 6) is 1.73. The molecule has 124 valence electrons. The van der Waals surface area contributed by atoms with E-state index in [1.807, 2.05) is 62.4 Å². The Balaban J connectivity index is 1.83. The lowest BCUT2D eigenvalue weighted by Gasteiger charge is -2.07. The molecule has 5 heteroatoms. The van der Waals surface area contributed by atoms with E-state index < -0.39 is 0 Å². The van der Waals surface area contributed by atoms with Crippen molar-refractivity contribution >= 4 is 10.9 Å². The van der Waals surface area contributed by atoms with Gasteiger partial charge in [0.2, 0.25) is 11.8 Å². The number of benzene rings is 2. The van der Waals surface area contributed by atoms with E-state index in [4.69, 9.17) is 9.15 Å². The van der Waals surface area contributed by atoms with Crippen molar-refractivity contribution in [3.8, 4) is 28.7 Å². The van der Waals surface area contributed by atoms with Crippen LogP contribution in [0.25, 0.3) is 33.8 Å². The summed E-state index contributed by atoms with van der Waals surface area (Å²) >= 11 is 0. The van der Waals surface area contributed by atoms with Crippen LogP contribution in [0.2, 0.25) is 0 Å². The summed E-state index contributed by atoms with van der Waals surface area (Å²) in [6, 6.07) is 15.8. The van der Waals surface area contributed by atoms with Crippen molar-refractivity contribution in [3.05, 3.63) is 59.8 Å². The minimum atomic E-state index is 0.466. The van der Waals surface area contributed by atoms with Crippen LogP contribution in [0.3, 0.4) is 0 Å². The van der Waals surface area contributed by atoms with Gasteiger partial charge in [-0.25, -0.2) is 4.98 Å². The third kappa shape index (κ3) is 2.63. The number of aromatic nitrogens is 3. The van der Waals surface area contributed by atoms with Gasteiger partial charge >= 0.3 is 0 Å². The largest absolute Gasteiger partial charge is 0.494 e. The first-order chi connectivity index (χ1) is 12.2. The van der Waals surface area contributed by atoms with Crippen LogP contribution in [0.4, 0.5) is 0 Å². The number of rotatable bonds is 3. The molecule has 0 bridgehead atoms. The third-order valence-electron chi connectivity index (χ3n) is 4.25. The summed E-state index contributed by atoms with van der Waals surface area (Å²) in [7, 11) is 1.65. The summed E-state index contributed by atoms with van der Waals surface area (Å²) in [5.41, 5.74) is 4.50. The minimum Gasteiger partial charge on any atom is -0.494 e. The summed E-state index contributed by atoms with van der Waals surface area (Å²) in [6.07, 6.45) is 0. The van der Waals surface area contributed by atoms with Gasteiger partial charge in [0.05, 0.1) is 18.4 Å². The number of para-hydroxylation sites is 1. The first-order valence-corrected chi connectivity index (χ1v) is 8.01. The van der Waals surface area contributed by atoms with Crippen LogP contribution in [-0.2, 0) is 0 Å². The summed E-state index contributed by atoms with van der Waals surface area (Å²) in [5, 5.41) is 9.40. The van der Waals surface area contributed by atoms with Gasteiger partial charge in [0.1, 0.15) is 11.3 Å². The molecule has 0 saturated carbocycles. The molecular formula is C20H17N3O2. The second-order valence-electron chi connectivity index (χ2n) is 5.88. The van der Waals surface area contributed by atoms with Crippen LogP contribution in [0.5, 0.6) is 5.75 Å². The van der Waals surface area contributed by atoms with E-state index in [9.17, 15) is 0 Å². The number of hydrogen-bond acceptors (Lipinski definition) is 5. The number of aryl methyl sites for hydroxylation is 2. The van der Waals surface area contributed by atoms with E-state index in [1.165, 1.54) is 0 Å². The van der Waals surface area contributed by atoms with Crippen LogP contribution < -0.4 is 4.74 Å². The van der Waals surface area contributed by atoms with Crippen LogP contribution >= 0.6 is 0 Å². The molecule has 0 unspecified atom stereocenters. The fourth-order valence-corrected chi connectivity index (χ4v) is 2.90. The Hall–Kier alpha value is -3.21. The van der Waals surface area contributed by atoms with Gasteiger partial charge in [-0.1, -0.05) is 30.3 Å². The average molecular weight is 331 g/mol. The maximum atomic E-state index is 5.93. The van der Waals surface area contributed by atoms with E-state index >= 15 is 0 Å². The average Bonchev–Trinajstić information content (AvgIpc) is 3.10. The molecule has 4 rings (SSSR count). The predicted molar refractivity (Wildman–Crippen MR) is 96.5 cm³/mol. The van der Waals surface area contributed by atoms with Crippen molar-refractivity contribution in [1.29, 1.82) is 0 Å². The molecule has 0 spiro atoms. The van der Waals surface area contributed by atoms with E-state index in [0.29, 0.717) is 11.8 Å². The highest BCUT2D eigenvalue weighted by molar-refractivity contribution is 5.88. The van der Waals surface area contributed by atoms with E-state index in [-0.39, 0.29) is 0 Å². The highest BCUT2D eigenvalue weighted by Crippen LogP contribution is 2.31. The molecule has 0 amide bonds. The smallest absolute Gasteiger partial charge is 0.250 e. The van der Waals surface area contributed by atoms with Crippen molar-refractivity contribution in [2.45, 2.75) is 13.8 Å². The zero-order valence-electron chi connectivity index (χ0n) is 14.3. The highest BCUT2D eigenvalue weighted by Gasteiger charge is 2.16. The molecule has 2 aromatic carbocycles. The van der Waals surface area contributed by atoms with Gasteiger partial charge in [0.15, 0.2) is 0 Å². The summed E-state index contributed by atoms with van der Waals surface area (Å²) < 4.78 is 11.3. The fourth-order valence-electron chi connectivity index (χ4n) is 2.90. The van der Waals surface area contributed by atoms with Crippen LogP contribution in [0, 0.1) is 13.8 Å². The van der Waals surface area contributed by atoms with Gasteiger partial charge in [-0.05, 0) is 37.6 Å². The molecule has 4 aromatic rings. The van der Waals surface area contributed by atoms with Crippen molar-refractivity contribution in [3.63, 3.8) is 0 Å². The summed E-state index contributed by atoms with van der Waals surface area (Å²) in [6.45, 7) is 3.95.